The zero-order valence-electron chi connectivity index (χ0n) is 10.7. The predicted molar refractivity (Wildman–Crippen MR) is 62.7 cm³/mol. The molecular formula is C12H19NO5. The van der Waals surface area contributed by atoms with E-state index in [9.17, 15) is 14.4 Å². The number of nitrogens with one attached hydrogen (secondary N) is 1. The average molecular weight is 257 g/mol. The third-order valence-electron chi connectivity index (χ3n) is 2.85. The number of cyclic esters (lactones) is 2. The lowest BCUT2D eigenvalue weighted by Crippen LogP contribution is -2.51. The van der Waals surface area contributed by atoms with E-state index in [1.54, 1.807) is 6.92 Å². The van der Waals surface area contributed by atoms with Crippen LogP contribution in [0.5, 0.6) is 0 Å². The van der Waals surface area contributed by atoms with E-state index in [0.29, 0.717) is 6.42 Å². The summed E-state index contributed by atoms with van der Waals surface area (Å²) in [7, 11) is 0. The largest absolute Gasteiger partial charge is 0.466 e. The summed E-state index contributed by atoms with van der Waals surface area (Å²) >= 11 is 0. The van der Waals surface area contributed by atoms with Crippen LogP contribution in [0.4, 0.5) is 4.79 Å². The SMILES string of the molecule is CCCCC1NC(=O)OC(=O)C1CC(=O)OCC. The van der Waals surface area contributed by atoms with Crippen molar-refractivity contribution in [1.82, 2.24) is 5.32 Å². The standard InChI is InChI=1S/C12H19NO5/c1-3-5-6-9-8(7-10(14)17-4-2)11(15)18-12(16)13-9/h8-9H,3-7H2,1-2H3,(H,13,16). The van der Waals surface area contributed by atoms with Gasteiger partial charge in [-0.15, -0.1) is 0 Å². The number of ether oxygens (including phenoxy) is 2. The van der Waals surface area contributed by atoms with E-state index in [4.69, 9.17) is 4.74 Å². The van der Waals surface area contributed by atoms with Crippen molar-refractivity contribution in [2.45, 2.75) is 45.6 Å². The van der Waals surface area contributed by atoms with E-state index < -0.39 is 23.9 Å². The Balaban J connectivity index is 2.65. The maximum Gasteiger partial charge on any atom is 0.415 e. The Hall–Kier alpha value is -1.59. The fourth-order valence-electron chi connectivity index (χ4n) is 1.94. The van der Waals surface area contributed by atoms with E-state index in [1.165, 1.54) is 0 Å². The van der Waals surface area contributed by atoms with Crippen molar-refractivity contribution < 1.29 is 23.9 Å². The third-order valence-corrected chi connectivity index (χ3v) is 2.85. The van der Waals surface area contributed by atoms with Gasteiger partial charge >= 0.3 is 18.0 Å². The topological polar surface area (TPSA) is 81.7 Å². The van der Waals surface area contributed by atoms with E-state index >= 15 is 0 Å². The fraction of sp³-hybridized carbons (Fsp3) is 0.750. The molecule has 1 heterocycles. The van der Waals surface area contributed by atoms with Gasteiger partial charge in [0.25, 0.3) is 0 Å². The molecule has 0 saturated carbocycles. The summed E-state index contributed by atoms with van der Waals surface area (Å²) in [5.41, 5.74) is 0. The van der Waals surface area contributed by atoms with Crippen molar-refractivity contribution in [3.8, 4) is 0 Å². The second-order valence-electron chi connectivity index (χ2n) is 4.22. The van der Waals surface area contributed by atoms with Crippen LogP contribution in [0.3, 0.4) is 0 Å². The molecule has 1 fully saturated rings. The van der Waals surface area contributed by atoms with Crippen LogP contribution >= 0.6 is 0 Å². The number of esters is 2. The first-order valence-electron chi connectivity index (χ1n) is 6.26. The molecule has 0 aromatic heterocycles. The molecule has 0 aromatic carbocycles. The summed E-state index contributed by atoms with van der Waals surface area (Å²) < 4.78 is 9.30. The van der Waals surface area contributed by atoms with E-state index in [2.05, 4.69) is 10.1 Å². The molecule has 0 spiro atoms. The van der Waals surface area contributed by atoms with Crippen LogP contribution < -0.4 is 5.32 Å². The Kier molecular flexibility index (Phi) is 5.61. The number of alkyl carbamates (subject to hydrolysis) is 1. The number of hydrogen-bond acceptors (Lipinski definition) is 5. The molecular weight excluding hydrogens is 238 g/mol. The molecule has 0 aliphatic carbocycles. The van der Waals surface area contributed by atoms with Gasteiger partial charge in [-0.1, -0.05) is 19.8 Å². The van der Waals surface area contributed by atoms with Gasteiger partial charge < -0.3 is 14.8 Å². The molecule has 6 heteroatoms. The summed E-state index contributed by atoms with van der Waals surface area (Å²) in [4.78, 5) is 34.2. The molecule has 1 saturated heterocycles. The third kappa shape index (κ3) is 4.01. The fourth-order valence-corrected chi connectivity index (χ4v) is 1.94. The average Bonchev–Trinajstić information content (AvgIpc) is 2.30. The first-order chi connectivity index (χ1) is 8.58. The van der Waals surface area contributed by atoms with Crippen LogP contribution in [0.15, 0.2) is 0 Å². The van der Waals surface area contributed by atoms with Crippen LogP contribution in [0.25, 0.3) is 0 Å². The lowest BCUT2D eigenvalue weighted by molar-refractivity contribution is -0.154. The molecule has 6 nitrogen and oxygen atoms in total. The van der Waals surface area contributed by atoms with Gasteiger partial charge in [-0.2, -0.15) is 0 Å². The highest BCUT2D eigenvalue weighted by atomic mass is 16.6. The second-order valence-corrected chi connectivity index (χ2v) is 4.22. The van der Waals surface area contributed by atoms with Gasteiger partial charge in [-0.3, -0.25) is 9.59 Å². The summed E-state index contributed by atoms with van der Waals surface area (Å²) in [5.74, 6) is -1.74. The highest BCUT2D eigenvalue weighted by Crippen LogP contribution is 2.21. The first kappa shape index (κ1) is 14.5. The van der Waals surface area contributed by atoms with Crippen LogP contribution in [0.1, 0.15) is 39.5 Å². The van der Waals surface area contributed by atoms with Crippen LogP contribution in [0.2, 0.25) is 0 Å². The Morgan fingerprint density at radius 2 is 2.11 bits per heavy atom. The maximum absolute atomic E-state index is 11.6. The Labute approximate surface area is 106 Å². The minimum Gasteiger partial charge on any atom is -0.466 e. The molecule has 102 valence electrons. The number of hydrogen-bond donors (Lipinski definition) is 1. The Bertz CT molecular complexity index is 328. The first-order valence-corrected chi connectivity index (χ1v) is 6.26. The van der Waals surface area contributed by atoms with Crippen LogP contribution in [-0.2, 0) is 19.1 Å². The minimum absolute atomic E-state index is 0.0542. The molecule has 0 radical (unpaired) electrons. The summed E-state index contributed by atoms with van der Waals surface area (Å²) in [6.07, 6.45) is 1.69. The molecule has 1 aliphatic rings. The highest BCUT2D eigenvalue weighted by Gasteiger charge is 2.38. The van der Waals surface area contributed by atoms with Gasteiger partial charge in [0.05, 0.1) is 18.9 Å². The van der Waals surface area contributed by atoms with Crippen molar-refractivity contribution in [1.29, 1.82) is 0 Å². The van der Waals surface area contributed by atoms with Crippen LogP contribution in [0, 0.1) is 5.92 Å². The number of amides is 1. The molecule has 1 amide bonds. The van der Waals surface area contributed by atoms with Gasteiger partial charge in [-0.25, -0.2) is 4.79 Å². The normalized spacial score (nSPS) is 23.2. The van der Waals surface area contributed by atoms with E-state index in [1.807, 2.05) is 6.92 Å². The number of carbonyl (C=O) groups is 3. The predicted octanol–water partition coefficient (Wildman–Crippen LogP) is 1.38. The molecule has 0 bridgehead atoms. The maximum atomic E-state index is 11.6. The Morgan fingerprint density at radius 1 is 1.39 bits per heavy atom. The molecule has 1 N–H and O–H groups in total. The summed E-state index contributed by atoms with van der Waals surface area (Å²) in [5, 5.41) is 2.59. The van der Waals surface area contributed by atoms with E-state index in [0.717, 1.165) is 12.8 Å². The smallest absolute Gasteiger partial charge is 0.415 e. The minimum atomic E-state index is -0.735. The van der Waals surface area contributed by atoms with Gasteiger partial charge in [0.15, 0.2) is 0 Å². The lowest BCUT2D eigenvalue weighted by Gasteiger charge is -2.29. The van der Waals surface area contributed by atoms with Gasteiger partial charge in [0.2, 0.25) is 0 Å². The quantitative estimate of drug-likeness (QED) is 0.574. The molecule has 18 heavy (non-hydrogen) atoms. The molecule has 1 rings (SSSR count). The molecule has 1 aliphatic heterocycles. The number of rotatable bonds is 6. The zero-order valence-corrected chi connectivity index (χ0v) is 10.7. The van der Waals surface area contributed by atoms with Gasteiger partial charge in [0, 0.05) is 6.04 Å². The molecule has 2 atom stereocenters. The van der Waals surface area contributed by atoms with E-state index in [-0.39, 0.29) is 19.1 Å². The zero-order chi connectivity index (χ0) is 13.5. The highest BCUT2D eigenvalue weighted by molar-refractivity contribution is 5.91. The van der Waals surface area contributed by atoms with Gasteiger partial charge in [0.1, 0.15) is 0 Å². The molecule has 2 unspecified atom stereocenters. The van der Waals surface area contributed by atoms with Crippen molar-refractivity contribution in [3.63, 3.8) is 0 Å². The van der Waals surface area contributed by atoms with Crippen molar-refractivity contribution in [2.75, 3.05) is 6.61 Å². The number of carbonyl (C=O) groups excluding carboxylic acids is 3. The van der Waals surface area contributed by atoms with Crippen molar-refractivity contribution in [3.05, 3.63) is 0 Å². The van der Waals surface area contributed by atoms with Gasteiger partial charge in [-0.05, 0) is 13.3 Å². The second kappa shape index (κ2) is 6.98. The Morgan fingerprint density at radius 3 is 2.72 bits per heavy atom. The van der Waals surface area contributed by atoms with Crippen LogP contribution in [-0.4, -0.2) is 30.7 Å². The number of unbranched alkanes of at least 4 members (excludes halogenated alkanes) is 1. The summed E-state index contributed by atoms with van der Waals surface area (Å²) in [6, 6.07) is -0.344. The van der Waals surface area contributed by atoms with Crippen molar-refractivity contribution >= 4 is 18.0 Å². The molecule has 0 aromatic rings. The lowest BCUT2D eigenvalue weighted by atomic mass is 9.91. The monoisotopic (exact) mass is 257 g/mol. The summed E-state index contributed by atoms with van der Waals surface area (Å²) in [6.45, 7) is 3.99. The van der Waals surface area contributed by atoms with Crippen molar-refractivity contribution in [2.24, 2.45) is 5.92 Å².